The van der Waals surface area contributed by atoms with E-state index >= 15 is 0 Å². The van der Waals surface area contributed by atoms with Gasteiger partial charge in [0.2, 0.25) is 6.04 Å². The Bertz CT molecular complexity index is 997. The Morgan fingerprint density at radius 1 is 0.825 bits per heavy atom. The number of alkyl halides is 9. The predicted octanol–water partition coefficient (Wildman–Crippen LogP) is 6.61. The van der Waals surface area contributed by atoms with Crippen LogP contribution in [0.3, 0.4) is 0 Å². The zero-order valence-electron chi connectivity index (χ0n) is 21.9. The Labute approximate surface area is 226 Å². The third-order valence-corrected chi connectivity index (χ3v) is 8.78. The highest BCUT2D eigenvalue weighted by Crippen LogP contribution is 2.44. The number of nitrogens with zero attached hydrogens (tertiary/aromatic N) is 4. The van der Waals surface area contributed by atoms with Crippen molar-refractivity contribution in [1.82, 2.24) is 14.7 Å². The summed E-state index contributed by atoms with van der Waals surface area (Å²) in [4.78, 5) is 15.1. The van der Waals surface area contributed by atoms with Crippen molar-refractivity contribution in [2.45, 2.75) is 81.7 Å². The molecule has 226 valence electrons. The second-order valence-corrected chi connectivity index (χ2v) is 11.3. The lowest BCUT2D eigenvalue weighted by Crippen LogP contribution is -2.60. The van der Waals surface area contributed by atoms with Gasteiger partial charge in [-0.25, -0.2) is 0 Å². The zero-order valence-corrected chi connectivity index (χ0v) is 21.9. The van der Waals surface area contributed by atoms with Gasteiger partial charge in [-0.3, -0.25) is 14.7 Å². The molecule has 0 amide bonds. The van der Waals surface area contributed by atoms with Crippen LogP contribution in [-0.4, -0.2) is 77.9 Å². The molecule has 14 heteroatoms. The summed E-state index contributed by atoms with van der Waals surface area (Å²) in [5.74, 6) is 0.152. The van der Waals surface area contributed by atoms with Gasteiger partial charge in [0.1, 0.15) is 0 Å². The van der Waals surface area contributed by atoms with Crippen LogP contribution in [0.15, 0.2) is 23.4 Å². The van der Waals surface area contributed by atoms with Gasteiger partial charge in [0.05, 0.1) is 12.1 Å². The number of benzene rings is 1. The molecule has 3 aliphatic heterocycles. The van der Waals surface area contributed by atoms with Crippen molar-refractivity contribution >= 4 is 0 Å². The van der Waals surface area contributed by atoms with E-state index in [9.17, 15) is 44.4 Å². The summed E-state index contributed by atoms with van der Waals surface area (Å²) >= 11 is 0. The van der Waals surface area contributed by atoms with Gasteiger partial charge in [-0.15, -0.1) is 0 Å². The number of hydrogen-bond acceptors (Lipinski definition) is 5. The summed E-state index contributed by atoms with van der Waals surface area (Å²) in [5.41, 5.74) is -0.216. The van der Waals surface area contributed by atoms with Crippen molar-refractivity contribution in [2.75, 3.05) is 39.3 Å². The molecule has 1 aromatic carbocycles. The van der Waals surface area contributed by atoms with Gasteiger partial charge in [-0.2, -0.15) is 44.4 Å². The van der Waals surface area contributed by atoms with Crippen LogP contribution in [0.5, 0.6) is 0 Å². The molecule has 3 fully saturated rings. The Balaban J connectivity index is 1.50. The van der Waals surface area contributed by atoms with Crippen LogP contribution in [0.4, 0.5) is 39.5 Å². The second-order valence-electron chi connectivity index (χ2n) is 11.3. The minimum absolute atomic E-state index is 0.115. The predicted molar refractivity (Wildman–Crippen MR) is 129 cm³/mol. The molecular weight excluding hydrogens is 555 g/mol. The summed E-state index contributed by atoms with van der Waals surface area (Å²) in [5, 5.41) is 2.94. The molecule has 40 heavy (non-hydrogen) atoms. The molecule has 0 radical (unpaired) electrons. The van der Waals surface area contributed by atoms with E-state index in [0.29, 0.717) is 61.3 Å². The van der Waals surface area contributed by atoms with Crippen LogP contribution in [0.2, 0.25) is 0 Å². The monoisotopic (exact) mass is 588 g/mol. The average Bonchev–Trinajstić information content (AvgIpc) is 3.22. The van der Waals surface area contributed by atoms with E-state index in [1.54, 1.807) is 0 Å². The molecule has 1 spiro atoms. The summed E-state index contributed by atoms with van der Waals surface area (Å²) in [6, 6.07) is 0.0757. The highest BCUT2D eigenvalue weighted by molar-refractivity contribution is 5.34. The average molecular weight is 589 g/mol. The summed E-state index contributed by atoms with van der Waals surface area (Å²) in [6.07, 6.45) is -12.4. The molecule has 3 aliphatic rings. The van der Waals surface area contributed by atoms with Crippen molar-refractivity contribution in [2.24, 2.45) is 11.1 Å². The van der Waals surface area contributed by atoms with Crippen LogP contribution in [0.1, 0.15) is 55.2 Å². The fourth-order valence-corrected chi connectivity index (χ4v) is 6.59. The Morgan fingerprint density at radius 2 is 1.45 bits per heavy atom. The minimum Gasteiger partial charge on any atom is -0.299 e. The standard InChI is InChI=1S/C26H33F9N4O/c27-24(28,29)21-3-2-19(20(14-21)16-37-10-4-18(5-11-37)15-36-40)17-39-9-1-6-23(39)7-12-38(13-8-23)22(25(30,31)32)26(33,34)35/h2-3,14,18,22H,1,4-13,15-17H2. The molecule has 4 rings (SSSR count). The molecule has 0 saturated carbocycles. The normalized spacial score (nSPS) is 22.4. The van der Waals surface area contributed by atoms with E-state index in [-0.39, 0.29) is 51.5 Å². The van der Waals surface area contributed by atoms with E-state index in [1.807, 2.05) is 9.80 Å². The summed E-state index contributed by atoms with van der Waals surface area (Å²) < 4.78 is 120. The first-order valence-electron chi connectivity index (χ1n) is 13.5. The molecule has 0 N–H and O–H groups in total. The van der Waals surface area contributed by atoms with E-state index in [1.165, 1.54) is 6.07 Å². The fourth-order valence-electron chi connectivity index (χ4n) is 6.59. The highest BCUT2D eigenvalue weighted by Gasteiger charge is 2.60. The number of piperidine rings is 2. The van der Waals surface area contributed by atoms with Crippen LogP contribution >= 0.6 is 0 Å². The van der Waals surface area contributed by atoms with E-state index in [2.05, 4.69) is 5.18 Å². The maximum Gasteiger partial charge on any atom is 0.416 e. The van der Waals surface area contributed by atoms with Gasteiger partial charge in [0, 0.05) is 31.7 Å². The molecule has 3 heterocycles. The van der Waals surface area contributed by atoms with E-state index in [4.69, 9.17) is 0 Å². The van der Waals surface area contributed by atoms with Crippen molar-refractivity contribution < 1.29 is 39.5 Å². The number of halogens is 9. The Kier molecular flexibility index (Phi) is 9.11. The van der Waals surface area contributed by atoms with Crippen molar-refractivity contribution in [1.29, 1.82) is 0 Å². The third-order valence-electron chi connectivity index (χ3n) is 8.78. The zero-order chi connectivity index (χ0) is 29.3. The van der Waals surface area contributed by atoms with Crippen LogP contribution in [0, 0.1) is 10.8 Å². The third kappa shape index (κ3) is 7.10. The number of likely N-dealkylation sites (tertiary alicyclic amines) is 3. The topological polar surface area (TPSA) is 39.2 Å². The Morgan fingerprint density at radius 3 is 2.00 bits per heavy atom. The SMILES string of the molecule is O=NCC1CCN(Cc2cc(C(F)(F)F)ccc2CN2CCCC23CCN(C(C(F)(F)F)C(F)(F)F)CC3)CC1. The number of rotatable bonds is 7. The van der Waals surface area contributed by atoms with Gasteiger partial charge < -0.3 is 0 Å². The first-order valence-corrected chi connectivity index (χ1v) is 13.5. The lowest BCUT2D eigenvalue weighted by molar-refractivity contribution is -0.290. The van der Waals surface area contributed by atoms with Crippen molar-refractivity contribution in [3.8, 4) is 0 Å². The quantitative estimate of drug-likeness (QED) is 0.266. The van der Waals surface area contributed by atoms with Gasteiger partial charge in [0.15, 0.2) is 0 Å². The van der Waals surface area contributed by atoms with Crippen LogP contribution in [-0.2, 0) is 19.3 Å². The van der Waals surface area contributed by atoms with Gasteiger partial charge in [-0.1, -0.05) is 11.2 Å². The summed E-state index contributed by atoms with van der Waals surface area (Å²) in [6.45, 7) is 1.79. The van der Waals surface area contributed by atoms with Crippen molar-refractivity contribution in [3.05, 3.63) is 39.8 Å². The number of hydrogen-bond donors (Lipinski definition) is 0. The van der Waals surface area contributed by atoms with E-state index in [0.717, 1.165) is 12.1 Å². The molecule has 0 unspecified atom stereocenters. The molecule has 0 atom stereocenters. The summed E-state index contributed by atoms with van der Waals surface area (Å²) in [7, 11) is 0. The maximum atomic E-state index is 13.5. The largest absolute Gasteiger partial charge is 0.416 e. The fraction of sp³-hybridized carbons (Fsp3) is 0.769. The highest BCUT2D eigenvalue weighted by atomic mass is 19.4. The smallest absolute Gasteiger partial charge is 0.299 e. The van der Waals surface area contributed by atoms with E-state index < -0.39 is 35.7 Å². The molecule has 1 aromatic rings. The molecule has 0 aliphatic carbocycles. The number of nitroso groups, excluding NO2 is 1. The van der Waals surface area contributed by atoms with Gasteiger partial charge >= 0.3 is 18.5 Å². The molecule has 0 aromatic heterocycles. The minimum atomic E-state index is -5.44. The first-order chi connectivity index (χ1) is 18.6. The molecule has 3 saturated heterocycles. The molecule has 5 nitrogen and oxygen atoms in total. The lowest BCUT2D eigenvalue weighted by Gasteiger charge is -2.47. The maximum absolute atomic E-state index is 13.5. The molecule has 0 bridgehead atoms. The first kappa shape index (κ1) is 31.0. The van der Waals surface area contributed by atoms with Crippen LogP contribution < -0.4 is 0 Å². The van der Waals surface area contributed by atoms with Crippen molar-refractivity contribution in [3.63, 3.8) is 0 Å². The van der Waals surface area contributed by atoms with Gasteiger partial charge in [-0.05, 0) is 87.3 Å². The van der Waals surface area contributed by atoms with Gasteiger partial charge in [0.25, 0.3) is 0 Å². The Hall–Kier alpha value is -1.93. The van der Waals surface area contributed by atoms with Crippen LogP contribution in [0.25, 0.3) is 0 Å². The molecular formula is C26H33F9N4O. The second kappa shape index (κ2) is 11.7. The lowest BCUT2D eigenvalue weighted by atomic mass is 9.84.